The Morgan fingerprint density at radius 2 is 1.94 bits per heavy atom. The monoisotopic (exact) mass is 240 g/mol. The van der Waals surface area contributed by atoms with Crippen LogP contribution in [0, 0.1) is 0 Å². The van der Waals surface area contributed by atoms with Crippen LogP contribution < -0.4 is 4.90 Å². The molecule has 0 bridgehead atoms. The number of benzene rings is 1. The molecule has 0 saturated carbocycles. The zero-order valence-corrected chi connectivity index (χ0v) is 11.3. The number of nitrogens with zero attached hydrogens (tertiary/aromatic N) is 2. The van der Waals surface area contributed by atoms with E-state index >= 15 is 0 Å². The van der Waals surface area contributed by atoms with E-state index in [0.717, 1.165) is 6.42 Å². The van der Waals surface area contributed by atoms with E-state index < -0.39 is 0 Å². The van der Waals surface area contributed by atoms with Crippen molar-refractivity contribution in [3.63, 3.8) is 0 Å². The predicted molar refractivity (Wildman–Crippen MR) is 80.5 cm³/mol. The average Bonchev–Trinajstić information content (AvgIpc) is 2.38. The first kappa shape index (κ1) is 12.6. The van der Waals surface area contributed by atoms with Gasteiger partial charge in [-0.2, -0.15) is 0 Å². The number of hydrogen-bond donors (Lipinski definition) is 0. The van der Waals surface area contributed by atoms with E-state index in [1.807, 2.05) is 12.3 Å². The van der Waals surface area contributed by atoms with Crippen LogP contribution in [-0.2, 0) is 0 Å². The number of hydrogen-bond acceptors (Lipinski definition) is 2. The van der Waals surface area contributed by atoms with Gasteiger partial charge in [-0.05, 0) is 37.1 Å². The van der Waals surface area contributed by atoms with Gasteiger partial charge in [-0.15, -0.1) is 0 Å². The minimum atomic E-state index is -0.0883. The van der Waals surface area contributed by atoms with Gasteiger partial charge in [0.1, 0.15) is 0 Å². The first-order valence-corrected chi connectivity index (χ1v) is 6.26. The van der Waals surface area contributed by atoms with Gasteiger partial charge >= 0.3 is 0 Å². The summed E-state index contributed by atoms with van der Waals surface area (Å²) >= 11 is 0. The molecule has 1 unspecified atom stereocenters. The molecule has 1 aliphatic heterocycles. The van der Waals surface area contributed by atoms with Crippen molar-refractivity contribution in [3.8, 4) is 0 Å². The highest BCUT2D eigenvalue weighted by atomic mass is 15.1. The van der Waals surface area contributed by atoms with Crippen LogP contribution in [0.4, 0.5) is 5.69 Å². The van der Waals surface area contributed by atoms with E-state index in [0.29, 0.717) is 0 Å². The van der Waals surface area contributed by atoms with Crippen LogP contribution in [0.25, 0.3) is 6.08 Å². The fourth-order valence-corrected chi connectivity index (χ4v) is 1.90. The van der Waals surface area contributed by atoms with Crippen LogP contribution in [0.2, 0.25) is 0 Å². The molecular formula is C16H20N2. The maximum absolute atomic E-state index is 4.52. The maximum atomic E-state index is 4.52. The quantitative estimate of drug-likeness (QED) is 0.789. The number of allylic oxidation sites excluding steroid dienone is 1. The second-order valence-corrected chi connectivity index (χ2v) is 5.09. The highest BCUT2D eigenvalue weighted by molar-refractivity contribution is 5.73. The topological polar surface area (TPSA) is 15.6 Å². The zero-order valence-electron chi connectivity index (χ0n) is 11.3. The molecular weight excluding hydrogens is 220 g/mol. The van der Waals surface area contributed by atoms with Gasteiger partial charge in [-0.3, -0.25) is 4.99 Å². The third-order valence-corrected chi connectivity index (χ3v) is 3.17. The van der Waals surface area contributed by atoms with Crippen molar-refractivity contribution < 1.29 is 0 Å². The summed E-state index contributed by atoms with van der Waals surface area (Å²) in [5.41, 5.74) is 2.35. The number of anilines is 1. The van der Waals surface area contributed by atoms with Gasteiger partial charge in [0.25, 0.3) is 0 Å². The minimum Gasteiger partial charge on any atom is -0.378 e. The molecule has 0 N–H and O–H groups in total. The van der Waals surface area contributed by atoms with Crippen LogP contribution in [0.15, 0.2) is 47.5 Å². The lowest BCUT2D eigenvalue weighted by Gasteiger charge is -2.21. The third-order valence-electron chi connectivity index (χ3n) is 3.17. The summed E-state index contributed by atoms with van der Waals surface area (Å²) < 4.78 is 0. The molecule has 2 nitrogen and oxygen atoms in total. The van der Waals surface area contributed by atoms with Crippen molar-refractivity contribution >= 4 is 18.0 Å². The number of rotatable bonds is 3. The lowest BCUT2D eigenvalue weighted by Crippen LogP contribution is -2.19. The zero-order chi connectivity index (χ0) is 13.0. The third kappa shape index (κ3) is 3.10. The molecule has 0 radical (unpaired) electrons. The molecule has 94 valence electrons. The summed E-state index contributed by atoms with van der Waals surface area (Å²) in [6, 6.07) is 8.53. The molecule has 2 rings (SSSR count). The van der Waals surface area contributed by atoms with Crippen molar-refractivity contribution in [2.75, 3.05) is 19.0 Å². The van der Waals surface area contributed by atoms with Gasteiger partial charge in [0.2, 0.25) is 0 Å². The first-order chi connectivity index (χ1) is 8.59. The lowest BCUT2D eigenvalue weighted by molar-refractivity contribution is 0.599. The smallest absolute Gasteiger partial charge is 0.0797 e. The van der Waals surface area contributed by atoms with E-state index in [4.69, 9.17) is 0 Å². The molecule has 0 amide bonds. The molecule has 1 aromatic carbocycles. The summed E-state index contributed by atoms with van der Waals surface area (Å²) in [7, 11) is 4.10. The second-order valence-electron chi connectivity index (χ2n) is 5.09. The van der Waals surface area contributed by atoms with Crippen molar-refractivity contribution in [3.05, 3.63) is 48.1 Å². The van der Waals surface area contributed by atoms with Gasteiger partial charge in [0.15, 0.2) is 0 Å². The predicted octanol–water partition coefficient (Wildman–Crippen LogP) is 3.56. The standard InChI is InChI=1S/C16H20N2/c1-16(11-4-5-13-17-16)12-10-14-6-8-15(9-7-14)18(2)3/h4-10,12-13H,11H2,1-3H3/b12-10+. The van der Waals surface area contributed by atoms with Gasteiger partial charge in [-0.25, -0.2) is 0 Å². The highest BCUT2D eigenvalue weighted by Gasteiger charge is 2.17. The molecule has 1 heterocycles. The Kier molecular flexibility index (Phi) is 3.66. The van der Waals surface area contributed by atoms with Crippen LogP contribution in [-0.4, -0.2) is 25.8 Å². The van der Waals surface area contributed by atoms with E-state index in [1.54, 1.807) is 0 Å². The second kappa shape index (κ2) is 5.21. The molecule has 1 aliphatic rings. The Morgan fingerprint density at radius 1 is 1.22 bits per heavy atom. The average molecular weight is 240 g/mol. The molecule has 0 saturated heterocycles. The molecule has 0 spiro atoms. The van der Waals surface area contributed by atoms with Crippen molar-refractivity contribution in [2.24, 2.45) is 4.99 Å². The molecule has 18 heavy (non-hydrogen) atoms. The van der Waals surface area contributed by atoms with E-state index in [2.05, 4.69) is 73.4 Å². The normalized spacial score (nSPS) is 22.6. The van der Waals surface area contributed by atoms with E-state index in [-0.39, 0.29) is 5.54 Å². The Balaban J connectivity index is 2.09. The summed E-state index contributed by atoms with van der Waals surface area (Å²) in [5.74, 6) is 0. The summed E-state index contributed by atoms with van der Waals surface area (Å²) in [6.07, 6.45) is 11.3. The minimum absolute atomic E-state index is 0.0883. The van der Waals surface area contributed by atoms with Crippen LogP contribution in [0.1, 0.15) is 18.9 Å². The van der Waals surface area contributed by atoms with Crippen LogP contribution in [0.3, 0.4) is 0 Å². The Bertz CT molecular complexity index is 480. The Hall–Kier alpha value is -1.83. The van der Waals surface area contributed by atoms with Crippen LogP contribution >= 0.6 is 0 Å². The van der Waals surface area contributed by atoms with E-state index in [1.165, 1.54) is 11.3 Å². The summed E-state index contributed by atoms with van der Waals surface area (Å²) in [4.78, 5) is 6.62. The van der Waals surface area contributed by atoms with Gasteiger partial charge in [0.05, 0.1) is 5.54 Å². The Labute approximate surface area is 109 Å². The van der Waals surface area contributed by atoms with Crippen LogP contribution in [0.5, 0.6) is 0 Å². The Morgan fingerprint density at radius 3 is 2.50 bits per heavy atom. The maximum Gasteiger partial charge on any atom is 0.0797 e. The van der Waals surface area contributed by atoms with Gasteiger partial charge in [0, 0.05) is 26.0 Å². The fourth-order valence-electron chi connectivity index (χ4n) is 1.90. The molecule has 1 aromatic rings. The van der Waals surface area contributed by atoms with Gasteiger partial charge < -0.3 is 4.90 Å². The summed E-state index contributed by atoms with van der Waals surface area (Å²) in [6.45, 7) is 2.15. The molecule has 2 heteroatoms. The molecule has 1 atom stereocenters. The SMILES string of the molecule is CN(C)c1ccc(/C=C/C2(C)CC=CC=N2)cc1. The largest absolute Gasteiger partial charge is 0.378 e. The van der Waals surface area contributed by atoms with Crippen molar-refractivity contribution in [1.29, 1.82) is 0 Å². The van der Waals surface area contributed by atoms with E-state index in [9.17, 15) is 0 Å². The molecule has 0 fully saturated rings. The van der Waals surface area contributed by atoms with Crippen molar-refractivity contribution in [1.82, 2.24) is 0 Å². The summed E-state index contributed by atoms with van der Waals surface area (Å²) in [5, 5.41) is 0. The number of aliphatic imine (C=N–C) groups is 1. The lowest BCUT2D eigenvalue weighted by atomic mass is 9.95. The molecule has 0 aromatic heterocycles. The fraction of sp³-hybridized carbons (Fsp3) is 0.312. The number of dihydropyridines is 1. The molecule has 0 aliphatic carbocycles. The highest BCUT2D eigenvalue weighted by Crippen LogP contribution is 2.22. The first-order valence-electron chi connectivity index (χ1n) is 6.26. The van der Waals surface area contributed by atoms with Crippen molar-refractivity contribution in [2.45, 2.75) is 18.9 Å². The van der Waals surface area contributed by atoms with Gasteiger partial charge in [-0.1, -0.05) is 30.4 Å².